The molecule has 0 radical (unpaired) electrons. The molecule has 0 saturated heterocycles. The summed E-state index contributed by atoms with van der Waals surface area (Å²) in [6, 6.07) is 7.15. The van der Waals surface area contributed by atoms with Crippen LogP contribution in [0.1, 0.15) is 21.7 Å². The third kappa shape index (κ3) is 2.07. The first-order valence-electron chi connectivity index (χ1n) is 6.07. The molecule has 2 heterocycles. The molecule has 0 spiro atoms. The largest absolute Gasteiger partial charge is 0.323 e. The highest BCUT2D eigenvalue weighted by molar-refractivity contribution is 6.08. The molecule has 0 saturated carbocycles. The van der Waals surface area contributed by atoms with Crippen LogP contribution in [0.5, 0.6) is 0 Å². The summed E-state index contributed by atoms with van der Waals surface area (Å²) >= 11 is 0. The van der Waals surface area contributed by atoms with Crippen LogP contribution >= 0.6 is 0 Å². The first kappa shape index (κ1) is 12.2. The zero-order chi connectivity index (χ0) is 14.1. The quantitative estimate of drug-likeness (QED) is 0.705. The fourth-order valence-electron chi connectivity index (χ4n) is 2.06. The number of benzene rings is 1. The number of aryl methyl sites for hydroxylation is 1. The van der Waals surface area contributed by atoms with E-state index in [9.17, 15) is 9.59 Å². The SMILES string of the molecule is Cc1[nH]c(=O)[nH]c1C(=O)c1cccc(-n2ccnc2)c1. The van der Waals surface area contributed by atoms with Crippen molar-refractivity contribution in [1.29, 1.82) is 0 Å². The van der Waals surface area contributed by atoms with Crippen molar-refractivity contribution in [2.24, 2.45) is 0 Å². The lowest BCUT2D eigenvalue weighted by molar-refractivity contribution is 0.103. The van der Waals surface area contributed by atoms with Crippen LogP contribution in [-0.2, 0) is 0 Å². The number of aromatic amines is 2. The minimum Gasteiger partial charge on any atom is -0.310 e. The topological polar surface area (TPSA) is 83.5 Å². The summed E-state index contributed by atoms with van der Waals surface area (Å²) in [6.45, 7) is 1.69. The van der Waals surface area contributed by atoms with Crippen molar-refractivity contribution in [2.45, 2.75) is 6.92 Å². The van der Waals surface area contributed by atoms with Gasteiger partial charge in [0.15, 0.2) is 0 Å². The molecule has 6 nitrogen and oxygen atoms in total. The van der Waals surface area contributed by atoms with Crippen LogP contribution in [0.4, 0.5) is 0 Å². The Morgan fingerprint density at radius 1 is 1.30 bits per heavy atom. The number of aromatic nitrogens is 4. The van der Waals surface area contributed by atoms with E-state index in [1.54, 1.807) is 43.8 Å². The molecule has 1 aromatic carbocycles. The van der Waals surface area contributed by atoms with Crippen molar-refractivity contribution in [3.8, 4) is 5.69 Å². The van der Waals surface area contributed by atoms with Gasteiger partial charge in [-0.2, -0.15) is 0 Å². The smallest absolute Gasteiger partial charge is 0.310 e. The third-order valence-electron chi connectivity index (χ3n) is 3.05. The van der Waals surface area contributed by atoms with E-state index in [2.05, 4.69) is 15.0 Å². The van der Waals surface area contributed by atoms with E-state index < -0.39 is 0 Å². The summed E-state index contributed by atoms with van der Waals surface area (Å²) in [4.78, 5) is 32.7. The van der Waals surface area contributed by atoms with Crippen molar-refractivity contribution < 1.29 is 4.79 Å². The predicted octanol–water partition coefficient (Wildman–Crippen LogP) is 1.43. The lowest BCUT2D eigenvalue weighted by Gasteiger charge is -2.05. The predicted molar refractivity (Wildman–Crippen MR) is 73.1 cm³/mol. The minimum absolute atomic E-state index is 0.220. The molecule has 2 N–H and O–H groups in total. The van der Waals surface area contributed by atoms with Crippen LogP contribution in [0.25, 0.3) is 5.69 Å². The van der Waals surface area contributed by atoms with Gasteiger partial charge in [-0.3, -0.25) is 4.79 Å². The van der Waals surface area contributed by atoms with Gasteiger partial charge in [0.05, 0.1) is 6.33 Å². The van der Waals surface area contributed by atoms with Crippen molar-refractivity contribution in [3.05, 3.63) is 70.4 Å². The monoisotopic (exact) mass is 268 g/mol. The van der Waals surface area contributed by atoms with Crippen LogP contribution in [0.2, 0.25) is 0 Å². The van der Waals surface area contributed by atoms with Crippen LogP contribution in [0.3, 0.4) is 0 Å². The zero-order valence-electron chi connectivity index (χ0n) is 10.8. The number of hydrogen-bond acceptors (Lipinski definition) is 3. The molecular weight excluding hydrogens is 256 g/mol. The number of carbonyl (C=O) groups excluding carboxylic acids is 1. The summed E-state index contributed by atoms with van der Waals surface area (Å²) in [5, 5.41) is 0. The van der Waals surface area contributed by atoms with Gasteiger partial charge in [0.25, 0.3) is 0 Å². The number of H-pyrrole nitrogens is 2. The Balaban J connectivity index is 2.03. The average molecular weight is 268 g/mol. The van der Waals surface area contributed by atoms with Crippen molar-refractivity contribution >= 4 is 5.78 Å². The molecule has 100 valence electrons. The Morgan fingerprint density at radius 3 is 2.80 bits per heavy atom. The van der Waals surface area contributed by atoms with E-state index in [0.29, 0.717) is 11.3 Å². The molecule has 0 aliphatic rings. The summed E-state index contributed by atoms with van der Waals surface area (Å²) in [5.74, 6) is -0.220. The van der Waals surface area contributed by atoms with Gasteiger partial charge in [0.1, 0.15) is 5.69 Å². The van der Waals surface area contributed by atoms with Crippen molar-refractivity contribution in [1.82, 2.24) is 19.5 Å². The number of ketones is 1. The molecule has 3 rings (SSSR count). The van der Waals surface area contributed by atoms with Gasteiger partial charge >= 0.3 is 5.69 Å². The standard InChI is InChI=1S/C14H12N4O2/c1-9-12(17-14(20)16-9)13(19)10-3-2-4-11(7-10)18-6-5-15-8-18/h2-8H,1H3,(H2,16,17,20). The van der Waals surface area contributed by atoms with Gasteiger partial charge in [-0.1, -0.05) is 12.1 Å². The normalized spacial score (nSPS) is 10.7. The maximum atomic E-state index is 12.4. The number of rotatable bonds is 3. The second-order valence-electron chi connectivity index (χ2n) is 4.43. The molecule has 2 aromatic heterocycles. The maximum absolute atomic E-state index is 12.4. The Kier molecular flexibility index (Phi) is 2.83. The van der Waals surface area contributed by atoms with Gasteiger partial charge < -0.3 is 14.5 Å². The average Bonchev–Trinajstić information content (AvgIpc) is 3.08. The highest BCUT2D eigenvalue weighted by atomic mass is 16.1. The molecule has 0 amide bonds. The molecular formula is C14H12N4O2. The molecule has 0 fully saturated rings. The van der Waals surface area contributed by atoms with Gasteiger partial charge in [-0.25, -0.2) is 9.78 Å². The third-order valence-corrected chi connectivity index (χ3v) is 3.05. The maximum Gasteiger partial charge on any atom is 0.323 e. The molecule has 0 bridgehead atoms. The van der Waals surface area contributed by atoms with Crippen molar-refractivity contribution in [2.75, 3.05) is 0 Å². The van der Waals surface area contributed by atoms with Crippen molar-refractivity contribution in [3.63, 3.8) is 0 Å². The summed E-state index contributed by atoms with van der Waals surface area (Å²) < 4.78 is 1.81. The molecule has 6 heteroatoms. The Morgan fingerprint density at radius 2 is 2.15 bits per heavy atom. The molecule has 20 heavy (non-hydrogen) atoms. The van der Waals surface area contributed by atoms with Gasteiger partial charge in [-0.05, 0) is 19.1 Å². The fraction of sp³-hybridized carbons (Fsp3) is 0.0714. The Hall–Kier alpha value is -2.89. The first-order valence-corrected chi connectivity index (χ1v) is 6.07. The van der Waals surface area contributed by atoms with Crippen LogP contribution < -0.4 is 5.69 Å². The van der Waals surface area contributed by atoms with E-state index in [1.165, 1.54) is 0 Å². The highest BCUT2D eigenvalue weighted by Crippen LogP contribution is 2.14. The number of nitrogens with one attached hydrogen (secondary N) is 2. The van der Waals surface area contributed by atoms with E-state index in [1.807, 2.05) is 10.6 Å². The zero-order valence-corrected chi connectivity index (χ0v) is 10.8. The van der Waals surface area contributed by atoms with Crippen LogP contribution in [-0.4, -0.2) is 25.3 Å². The Labute approximate surface area is 114 Å². The van der Waals surface area contributed by atoms with E-state index in [0.717, 1.165) is 5.69 Å². The molecule has 0 unspecified atom stereocenters. The second kappa shape index (κ2) is 4.65. The molecule has 0 aliphatic heterocycles. The number of imidazole rings is 2. The fourth-order valence-corrected chi connectivity index (χ4v) is 2.06. The number of nitrogens with zero attached hydrogens (tertiary/aromatic N) is 2. The lowest BCUT2D eigenvalue weighted by Crippen LogP contribution is -2.07. The summed E-state index contributed by atoms with van der Waals surface area (Å²) in [5.41, 5.74) is 1.79. The minimum atomic E-state index is -0.378. The van der Waals surface area contributed by atoms with Gasteiger partial charge in [-0.15, -0.1) is 0 Å². The molecule has 3 aromatic rings. The summed E-state index contributed by atoms with van der Waals surface area (Å²) in [7, 11) is 0. The van der Waals surface area contributed by atoms with Gasteiger partial charge in [0, 0.05) is 29.3 Å². The number of carbonyl (C=O) groups is 1. The van der Waals surface area contributed by atoms with Crippen LogP contribution in [0, 0.1) is 6.92 Å². The van der Waals surface area contributed by atoms with Crippen LogP contribution in [0.15, 0.2) is 47.8 Å². The lowest BCUT2D eigenvalue weighted by atomic mass is 10.1. The molecule has 0 atom stereocenters. The number of hydrogen-bond donors (Lipinski definition) is 2. The van der Waals surface area contributed by atoms with E-state index in [4.69, 9.17) is 0 Å². The van der Waals surface area contributed by atoms with Gasteiger partial charge in [0.2, 0.25) is 5.78 Å². The summed E-state index contributed by atoms with van der Waals surface area (Å²) in [6.07, 6.45) is 5.13. The highest BCUT2D eigenvalue weighted by Gasteiger charge is 2.15. The Bertz CT molecular complexity index is 812. The van der Waals surface area contributed by atoms with E-state index in [-0.39, 0.29) is 17.2 Å². The molecule has 0 aliphatic carbocycles. The first-order chi connectivity index (χ1) is 9.65. The van der Waals surface area contributed by atoms with E-state index >= 15 is 0 Å². The second-order valence-corrected chi connectivity index (χ2v) is 4.43.